The molecule has 0 bridgehead atoms. The fourth-order valence-corrected chi connectivity index (χ4v) is 2.56. The molecule has 0 amide bonds. The van der Waals surface area contributed by atoms with Crippen LogP contribution >= 0.6 is 0 Å². The minimum Gasteiger partial charge on any atom is -0.259 e. The maximum atomic E-state index is 11.8. The van der Waals surface area contributed by atoms with Crippen LogP contribution in [0.1, 0.15) is 25.3 Å². The molecule has 2 atom stereocenters. The topological polar surface area (TPSA) is 60.2 Å². The molecule has 0 saturated heterocycles. The fraction of sp³-hybridized carbons (Fsp3) is 0.333. The molecule has 17 heavy (non-hydrogen) atoms. The first-order chi connectivity index (χ1) is 8.00. The summed E-state index contributed by atoms with van der Waals surface area (Å²) in [6.07, 6.45) is 0.813. The number of rotatable bonds is 5. The van der Waals surface area contributed by atoms with E-state index in [0.717, 1.165) is 11.8 Å². The van der Waals surface area contributed by atoms with Crippen LogP contribution in [0.3, 0.4) is 0 Å². The van der Waals surface area contributed by atoms with Gasteiger partial charge in [-0.05, 0) is 18.4 Å². The summed E-state index contributed by atoms with van der Waals surface area (Å²) in [7, 11) is -1.30. The van der Waals surface area contributed by atoms with Crippen LogP contribution in [0.15, 0.2) is 41.4 Å². The van der Waals surface area contributed by atoms with Gasteiger partial charge in [-0.25, -0.2) is 0 Å². The van der Waals surface area contributed by atoms with Crippen LogP contribution in [0, 0.1) is 10.1 Å². The summed E-state index contributed by atoms with van der Waals surface area (Å²) in [4.78, 5) is 10.00. The van der Waals surface area contributed by atoms with Crippen molar-refractivity contribution >= 4 is 10.8 Å². The highest BCUT2D eigenvalue weighted by molar-refractivity contribution is 7.88. The first-order valence-corrected chi connectivity index (χ1v) is 6.58. The van der Waals surface area contributed by atoms with Gasteiger partial charge in [-0.3, -0.25) is 14.3 Å². The van der Waals surface area contributed by atoms with Crippen LogP contribution in [0.2, 0.25) is 0 Å². The summed E-state index contributed by atoms with van der Waals surface area (Å²) in [5.41, 5.74) is 1.09. The lowest BCUT2D eigenvalue weighted by molar-refractivity contribution is -0.402. The SMILES string of the molecule is C/C(=C\[N+](=O)[O-])[S@@](=O)C[C@@H](C)c1ccccc1. The average molecular weight is 253 g/mol. The molecule has 0 spiro atoms. The van der Waals surface area contributed by atoms with Crippen molar-refractivity contribution in [1.82, 2.24) is 0 Å². The van der Waals surface area contributed by atoms with Crippen molar-refractivity contribution in [2.24, 2.45) is 0 Å². The molecule has 0 saturated carbocycles. The zero-order valence-corrected chi connectivity index (χ0v) is 10.6. The van der Waals surface area contributed by atoms with Gasteiger partial charge >= 0.3 is 0 Å². The first kappa shape index (κ1) is 13.6. The second-order valence-electron chi connectivity index (χ2n) is 3.85. The Morgan fingerprint density at radius 3 is 2.59 bits per heavy atom. The van der Waals surface area contributed by atoms with E-state index < -0.39 is 15.7 Å². The largest absolute Gasteiger partial charge is 0.259 e. The zero-order chi connectivity index (χ0) is 12.8. The second-order valence-corrected chi connectivity index (χ2v) is 5.52. The molecule has 92 valence electrons. The molecular weight excluding hydrogens is 238 g/mol. The second kappa shape index (κ2) is 6.30. The maximum Gasteiger partial charge on any atom is 0.246 e. The van der Waals surface area contributed by atoms with Gasteiger partial charge in [0.1, 0.15) is 0 Å². The van der Waals surface area contributed by atoms with Crippen LogP contribution in [-0.2, 0) is 10.8 Å². The minimum atomic E-state index is -1.30. The molecule has 1 rings (SSSR count). The molecule has 1 aromatic carbocycles. The Labute approximate surface area is 103 Å². The van der Waals surface area contributed by atoms with Crippen molar-refractivity contribution in [3.8, 4) is 0 Å². The molecule has 0 aliphatic rings. The normalized spacial score (nSPS) is 15.3. The van der Waals surface area contributed by atoms with Crippen molar-refractivity contribution < 1.29 is 9.13 Å². The standard InChI is InChI=1S/C12H15NO3S/c1-10(12-6-4-3-5-7-12)9-17(16)11(2)8-13(14)15/h3-8,10H,9H2,1-2H3/b11-8+/t10-,17+/m1/s1. The molecule has 0 aromatic heterocycles. The predicted molar refractivity (Wildman–Crippen MR) is 68.6 cm³/mol. The van der Waals surface area contributed by atoms with E-state index in [1.807, 2.05) is 37.3 Å². The van der Waals surface area contributed by atoms with Gasteiger partial charge in [0.05, 0.1) is 20.6 Å². The fourth-order valence-electron chi connectivity index (χ4n) is 1.44. The van der Waals surface area contributed by atoms with Gasteiger partial charge in [-0.1, -0.05) is 37.3 Å². The molecule has 4 nitrogen and oxygen atoms in total. The third kappa shape index (κ3) is 4.48. The Hall–Kier alpha value is -1.49. The van der Waals surface area contributed by atoms with Gasteiger partial charge in [0, 0.05) is 5.75 Å². The zero-order valence-electron chi connectivity index (χ0n) is 9.83. The van der Waals surface area contributed by atoms with E-state index in [1.54, 1.807) is 0 Å². The van der Waals surface area contributed by atoms with E-state index in [4.69, 9.17) is 0 Å². The van der Waals surface area contributed by atoms with Crippen molar-refractivity contribution in [3.63, 3.8) is 0 Å². The summed E-state index contributed by atoms with van der Waals surface area (Å²) >= 11 is 0. The number of hydrogen-bond acceptors (Lipinski definition) is 3. The predicted octanol–water partition coefficient (Wildman–Crippen LogP) is 2.68. The van der Waals surface area contributed by atoms with E-state index in [1.165, 1.54) is 6.92 Å². The van der Waals surface area contributed by atoms with Crippen LogP contribution in [0.4, 0.5) is 0 Å². The molecule has 0 aliphatic heterocycles. The first-order valence-electron chi connectivity index (χ1n) is 5.26. The molecule has 0 unspecified atom stereocenters. The van der Waals surface area contributed by atoms with Crippen LogP contribution in [0.25, 0.3) is 0 Å². The lowest BCUT2D eigenvalue weighted by Crippen LogP contribution is -2.08. The summed E-state index contributed by atoms with van der Waals surface area (Å²) in [5, 5.41) is 10.3. The van der Waals surface area contributed by atoms with Gasteiger partial charge in [-0.15, -0.1) is 0 Å². The summed E-state index contributed by atoms with van der Waals surface area (Å²) in [6.45, 7) is 3.49. The van der Waals surface area contributed by atoms with Crippen molar-refractivity contribution in [2.45, 2.75) is 19.8 Å². The third-order valence-electron chi connectivity index (χ3n) is 2.42. The number of allylic oxidation sites excluding steroid dienone is 1. The highest BCUT2D eigenvalue weighted by Gasteiger charge is 2.13. The van der Waals surface area contributed by atoms with E-state index in [9.17, 15) is 14.3 Å². The number of nitro groups is 1. The van der Waals surface area contributed by atoms with Gasteiger partial charge < -0.3 is 0 Å². The Morgan fingerprint density at radius 1 is 1.47 bits per heavy atom. The Kier molecular flexibility index (Phi) is 5.03. The Balaban J connectivity index is 2.67. The minimum absolute atomic E-state index is 0.118. The van der Waals surface area contributed by atoms with E-state index in [0.29, 0.717) is 10.7 Å². The molecule has 0 fully saturated rings. The van der Waals surface area contributed by atoms with Crippen molar-refractivity contribution in [3.05, 3.63) is 57.1 Å². The smallest absolute Gasteiger partial charge is 0.246 e. The Morgan fingerprint density at radius 2 is 2.06 bits per heavy atom. The van der Waals surface area contributed by atoms with Crippen LogP contribution in [0.5, 0.6) is 0 Å². The lowest BCUT2D eigenvalue weighted by atomic mass is 10.0. The number of benzene rings is 1. The summed E-state index contributed by atoms with van der Waals surface area (Å²) in [6, 6.07) is 9.71. The molecule has 0 heterocycles. The van der Waals surface area contributed by atoms with Crippen LogP contribution < -0.4 is 0 Å². The van der Waals surface area contributed by atoms with E-state index in [-0.39, 0.29) is 5.92 Å². The van der Waals surface area contributed by atoms with Crippen molar-refractivity contribution in [1.29, 1.82) is 0 Å². The third-order valence-corrected chi connectivity index (χ3v) is 4.04. The molecule has 0 N–H and O–H groups in total. The van der Waals surface area contributed by atoms with Crippen molar-refractivity contribution in [2.75, 3.05) is 5.75 Å². The summed E-state index contributed by atoms with van der Waals surface area (Å²) < 4.78 is 11.8. The van der Waals surface area contributed by atoms with Crippen LogP contribution in [-0.4, -0.2) is 14.9 Å². The number of nitrogens with zero attached hydrogens (tertiary/aromatic N) is 1. The van der Waals surface area contributed by atoms with E-state index >= 15 is 0 Å². The maximum absolute atomic E-state index is 11.8. The molecule has 5 heteroatoms. The lowest BCUT2D eigenvalue weighted by Gasteiger charge is -2.10. The van der Waals surface area contributed by atoms with Gasteiger partial charge in [0.2, 0.25) is 6.20 Å². The highest BCUT2D eigenvalue weighted by Crippen LogP contribution is 2.17. The average Bonchev–Trinajstić information content (AvgIpc) is 2.29. The van der Waals surface area contributed by atoms with Gasteiger partial charge in [-0.2, -0.15) is 0 Å². The quantitative estimate of drug-likeness (QED) is 0.598. The molecule has 1 aromatic rings. The van der Waals surface area contributed by atoms with E-state index in [2.05, 4.69) is 0 Å². The summed E-state index contributed by atoms with van der Waals surface area (Å²) in [5.74, 6) is 0.521. The van der Waals surface area contributed by atoms with Gasteiger partial charge in [0.25, 0.3) is 0 Å². The molecule has 0 aliphatic carbocycles. The monoisotopic (exact) mass is 253 g/mol. The van der Waals surface area contributed by atoms with Gasteiger partial charge in [0.15, 0.2) is 0 Å². The highest BCUT2D eigenvalue weighted by atomic mass is 32.2. The number of hydrogen-bond donors (Lipinski definition) is 0. The Bertz CT molecular complexity index is 442. The molecule has 0 radical (unpaired) electrons. The molecular formula is C12H15NO3S.